The van der Waals surface area contributed by atoms with E-state index in [1.54, 1.807) is 0 Å². The molecule has 5 aliphatic rings. The van der Waals surface area contributed by atoms with Gasteiger partial charge in [0.1, 0.15) is 24.4 Å². The number of hydrogen-bond donors (Lipinski definition) is 6. The van der Waals surface area contributed by atoms with E-state index in [-0.39, 0.29) is 23.9 Å². The lowest BCUT2D eigenvalue weighted by molar-refractivity contribution is -0.336. The number of carbonyl (C=O) groups is 1. The molecule has 9 nitrogen and oxygen atoms in total. The van der Waals surface area contributed by atoms with E-state index >= 15 is 0 Å². The average Bonchev–Trinajstić information content (AvgIpc) is 3.10. The first kappa shape index (κ1) is 25.8. The van der Waals surface area contributed by atoms with E-state index in [9.17, 15) is 35.4 Å². The van der Waals surface area contributed by atoms with Gasteiger partial charge in [0.25, 0.3) is 0 Å². The first-order chi connectivity index (χ1) is 16.5. The standard InChI is InChI=1S/C26H42O9/c1-24(23(32)33)7-6-18(35-22-21(31)20(30)19(29)15(12-28)34-22)25(2)16(24)5-8-26-9-13(3-4-17(25)26)14(10-26)11-27/h13-22,27-31H,3-12H2,1-2H3,(H,32,33)/t13-,14-,15+,16-,17+,18+,19+,20-,21+,22-,24-,25-,26+/m1/s1. The Labute approximate surface area is 206 Å². The van der Waals surface area contributed by atoms with Crippen LogP contribution in [-0.2, 0) is 14.3 Å². The molecule has 5 rings (SSSR count). The van der Waals surface area contributed by atoms with Gasteiger partial charge in [0.2, 0.25) is 0 Å². The highest BCUT2D eigenvalue weighted by Gasteiger charge is 2.69. The largest absolute Gasteiger partial charge is 0.481 e. The molecule has 6 N–H and O–H groups in total. The molecule has 1 spiro atoms. The molecule has 1 aliphatic heterocycles. The van der Waals surface area contributed by atoms with Crippen LogP contribution in [0.2, 0.25) is 0 Å². The Hall–Kier alpha value is -0.810. The summed E-state index contributed by atoms with van der Waals surface area (Å²) in [6, 6.07) is 0. The summed E-state index contributed by atoms with van der Waals surface area (Å²) in [6.07, 6.45) is -0.527. The Kier molecular flexibility index (Phi) is 6.56. The van der Waals surface area contributed by atoms with Crippen LogP contribution in [0.15, 0.2) is 0 Å². The average molecular weight is 499 g/mol. The first-order valence-corrected chi connectivity index (χ1v) is 13.3. The Morgan fingerprint density at radius 3 is 2.31 bits per heavy atom. The third-order valence-electron chi connectivity index (χ3n) is 11.3. The van der Waals surface area contributed by atoms with Gasteiger partial charge < -0.3 is 40.1 Å². The van der Waals surface area contributed by atoms with Gasteiger partial charge in [-0.1, -0.05) is 6.92 Å². The second-order valence-corrected chi connectivity index (χ2v) is 12.6. The van der Waals surface area contributed by atoms with Crippen molar-refractivity contribution in [1.29, 1.82) is 0 Å². The van der Waals surface area contributed by atoms with E-state index in [2.05, 4.69) is 6.92 Å². The predicted octanol–water partition coefficient (Wildman–Crippen LogP) is 0.887. The zero-order valence-electron chi connectivity index (χ0n) is 20.8. The summed E-state index contributed by atoms with van der Waals surface area (Å²) in [5, 5.41) is 61.1. The van der Waals surface area contributed by atoms with E-state index in [0.717, 1.165) is 38.5 Å². The maximum atomic E-state index is 12.6. The molecule has 2 bridgehead atoms. The summed E-state index contributed by atoms with van der Waals surface area (Å²) in [5.41, 5.74) is -1.34. The van der Waals surface area contributed by atoms with Crippen LogP contribution >= 0.6 is 0 Å². The van der Waals surface area contributed by atoms with Gasteiger partial charge in [0, 0.05) is 12.0 Å². The first-order valence-electron chi connectivity index (χ1n) is 13.3. The van der Waals surface area contributed by atoms with Gasteiger partial charge in [-0.25, -0.2) is 0 Å². The number of carboxylic acid groups (broad SMARTS) is 1. The molecule has 5 fully saturated rings. The molecule has 0 radical (unpaired) electrons. The summed E-state index contributed by atoms with van der Waals surface area (Å²) >= 11 is 0. The molecule has 4 aliphatic carbocycles. The van der Waals surface area contributed by atoms with Crippen molar-refractivity contribution >= 4 is 5.97 Å². The molecule has 200 valence electrons. The third kappa shape index (κ3) is 3.64. The normalized spacial score (nSPS) is 55.7. The molecule has 35 heavy (non-hydrogen) atoms. The zero-order valence-corrected chi connectivity index (χ0v) is 20.8. The summed E-state index contributed by atoms with van der Waals surface area (Å²) in [5.74, 6) is 0.103. The lowest BCUT2D eigenvalue weighted by atomic mass is 9.40. The predicted molar refractivity (Wildman–Crippen MR) is 123 cm³/mol. The smallest absolute Gasteiger partial charge is 0.309 e. The minimum Gasteiger partial charge on any atom is -0.481 e. The molecule has 9 heteroatoms. The van der Waals surface area contributed by atoms with Crippen LogP contribution in [0.4, 0.5) is 0 Å². The van der Waals surface area contributed by atoms with Gasteiger partial charge >= 0.3 is 5.97 Å². The van der Waals surface area contributed by atoms with Gasteiger partial charge in [-0.2, -0.15) is 0 Å². The van der Waals surface area contributed by atoms with Crippen LogP contribution in [0, 0.1) is 39.9 Å². The zero-order chi connectivity index (χ0) is 25.3. The van der Waals surface area contributed by atoms with Crippen molar-refractivity contribution < 1.29 is 44.9 Å². The number of aliphatic hydroxyl groups excluding tert-OH is 5. The number of aliphatic hydroxyl groups is 5. The van der Waals surface area contributed by atoms with E-state index < -0.39 is 60.2 Å². The molecule has 1 saturated heterocycles. The molecule has 1 heterocycles. The van der Waals surface area contributed by atoms with Crippen molar-refractivity contribution in [3.8, 4) is 0 Å². The van der Waals surface area contributed by atoms with Gasteiger partial charge in [0.15, 0.2) is 6.29 Å². The third-order valence-corrected chi connectivity index (χ3v) is 11.3. The molecular weight excluding hydrogens is 456 g/mol. The monoisotopic (exact) mass is 498 g/mol. The van der Waals surface area contributed by atoms with Crippen molar-refractivity contribution in [2.24, 2.45) is 39.9 Å². The SMILES string of the molecule is C[C@@]12[C@@H](O[C@H]3O[C@@H](CO)[C@H](O)[C@@H](O)[C@@H]3O)CC[C@@](C)(C(=O)O)[C@H]1CC[C@@]13C[C@@H](CC[C@H]12)[C@@H](CO)C3. The topological polar surface area (TPSA) is 157 Å². The molecule has 0 unspecified atom stereocenters. The van der Waals surface area contributed by atoms with Crippen LogP contribution in [0.5, 0.6) is 0 Å². The molecular formula is C26H42O9. The maximum absolute atomic E-state index is 12.6. The number of rotatable bonds is 5. The minimum atomic E-state index is -1.52. The van der Waals surface area contributed by atoms with Crippen molar-refractivity contribution in [3.05, 3.63) is 0 Å². The van der Waals surface area contributed by atoms with Gasteiger partial charge in [-0.05, 0) is 87.4 Å². The van der Waals surface area contributed by atoms with Gasteiger partial charge in [0.05, 0.1) is 18.1 Å². The summed E-state index contributed by atoms with van der Waals surface area (Å²) < 4.78 is 12.2. The molecule has 13 atom stereocenters. The van der Waals surface area contributed by atoms with Crippen molar-refractivity contribution in [2.45, 2.75) is 102 Å². The van der Waals surface area contributed by atoms with Crippen LogP contribution < -0.4 is 0 Å². The van der Waals surface area contributed by atoms with E-state index in [4.69, 9.17) is 9.47 Å². The molecule has 0 amide bonds. The highest BCUT2D eigenvalue weighted by Crippen LogP contribution is 2.72. The number of carboxylic acids is 1. The van der Waals surface area contributed by atoms with Crippen LogP contribution in [0.1, 0.15) is 65.2 Å². The lowest BCUT2D eigenvalue weighted by Gasteiger charge is -2.65. The molecule has 0 aromatic heterocycles. The van der Waals surface area contributed by atoms with Crippen molar-refractivity contribution in [1.82, 2.24) is 0 Å². The van der Waals surface area contributed by atoms with E-state index in [1.165, 1.54) is 0 Å². The Morgan fingerprint density at radius 2 is 1.66 bits per heavy atom. The van der Waals surface area contributed by atoms with E-state index in [0.29, 0.717) is 24.7 Å². The number of fused-ring (bicyclic) bond motifs is 3. The second-order valence-electron chi connectivity index (χ2n) is 12.6. The fourth-order valence-corrected chi connectivity index (χ4v) is 9.50. The Bertz CT molecular complexity index is 821. The molecule has 4 saturated carbocycles. The molecule has 0 aromatic carbocycles. The Morgan fingerprint density at radius 1 is 0.914 bits per heavy atom. The van der Waals surface area contributed by atoms with Crippen LogP contribution in [0.25, 0.3) is 0 Å². The van der Waals surface area contributed by atoms with Crippen molar-refractivity contribution in [2.75, 3.05) is 13.2 Å². The number of aliphatic carboxylic acids is 1. The van der Waals surface area contributed by atoms with Gasteiger partial charge in [-0.3, -0.25) is 4.79 Å². The second kappa shape index (κ2) is 8.89. The lowest BCUT2D eigenvalue weighted by Crippen LogP contribution is -2.66. The number of ether oxygens (including phenoxy) is 2. The fourth-order valence-electron chi connectivity index (χ4n) is 9.50. The highest BCUT2D eigenvalue weighted by atomic mass is 16.7. The summed E-state index contributed by atoms with van der Waals surface area (Å²) in [4.78, 5) is 12.6. The van der Waals surface area contributed by atoms with Crippen LogP contribution in [0.3, 0.4) is 0 Å². The summed E-state index contributed by atoms with van der Waals surface area (Å²) in [6.45, 7) is 3.68. The van der Waals surface area contributed by atoms with Crippen LogP contribution in [-0.4, -0.2) is 86.6 Å². The maximum Gasteiger partial charge on any atom is 0.309 e. The molecule has 0 aromatic rings. The van der Waals surface area contributed by atoms with Crippen molar-refractivity contribution in [3.63, 3.8) is 0 Å². The van der Waals surface area contributed by atoms with Gasteiger partial charge in [-0.15, -0.1) is 0 Å². The Balaban J connectivity index is 1.50. The van der Waals surface area contributed by atoms with E-state index in [1.807, 2.05) is 6.92 Å². The summed E-state index contributed by atoms with van der Waals surface area (Å²) in [7, 11) is 0. The minimum absolute atomic E-state index is 0.0509. The quantitative estimate of drug-likeness (QED) is 0.324. The highest BCUT2D eigenvalue weighted by molar-refractivity contribution is 5.75. The number of hydrogen-bond acceptors (Lipinski definition) is 8. The fraction of sp³-hybridized carbons (Fsp3) is 0.962.